The number of methoxy groups -OCH3 is 1. The van der Waals surface area contributed by atoms with E-state index < -0.39 is 0 Å². The number of hydrogen-bond donors (Lipinski definition) is 1. The maximum Gasteiger partial charge on any atom is 0.160 e. The quantitative estimate of drug-likeness (QED) is 0.914. The Hall–Kier alpha value is -1.26. The summed E-state index contributed by atoms with van der Waals surface area (Å²) in [6, 6.07) is 5.40. The molecule has 0 aromatic heterocycles. The molecule has 4 heteroatoms. The van der Waals surface area contributed by atoms with Gasteiger partial charge in [-0.2, -0.15) is 0 Å². The smallest absolute Gasteiger partial charge is 0.160 e. The Kier molecular flexibility index (Phi) is 4.89. The Morgan fingerprint density at radius 1 is 1.20 bits per heavy atom. The van der Waals surface area contributed by atoms with E-state index in [0.29, 0.717) is 5.75 Å². The number of phenolic OH excluding ortho intramolecular Hbond substituents is 1. The summed E-state index contributed by atoms with van der Waals surface area (Å²) in [6.07, 6.45) is 1.79. The van der Waals surface area contributed by atoms with Crippen LogP contribution in [0, 0.1) is 5.92 Å². The van der Waals surface area contributed by atoms with Gasteiger partial charge in [0.2, 0.25) is 0 Å². The molecule has 1 aliphatic rings. The van der Waals surface area contributed by atoms with Gasteiger partial charge in [-0.05, 0) is 30.5 Å². The second-order valence-corrected chi connectivity index (χ2v) is 5.27. The highest BCUT2D eigenvalue weighted by Crippen LogP contribution is 2.40. The molecule has 0 amide bonds. The van der Waals surface area contributed by atoms with Crippen LogP contribution in [-0.2, 0) is 9.47 Å². The zero-order valence-electron chi connectivity index (χ0n) is 12.6. The van der Waals surface area contributed by atoms with Gasteiger partial charge in [0.1, 0.15) is 0 Å². The van der Waals surface area contributed by atoms with Crippen molar-refractivity contribution in [1.29, 1.82) is 0 Å². The van der Waals surface area contributed by atoms with Crippen LogP contribution in [0.25, 0.3) is 0 Å². The third-order valence-electron chi connectivity index (χ3n) is 3.96. The van der Waals surface area contributed by atoms with Gasteiger partial charge in [-0.15, -0.1) is 0 Å². The van der Waals surface area contributed by atoms with Crippen LogP contribution in [0.3, 0.4) is 0 Å². The SMILES string of the molecule is CC[C@@H]1O[C@H](CC)[C@H](C)[C@H](c2ccc(O)c(OC)c2)O1. The molecule has 1 aromatic carbocycles. The van der Waals surface area contributed by atoms with Crippen molar-refractivity contribution in [2.24, 2.45) is 5.92 Å². The topological polar surface area (TPSA) is 47.9 Å². The van der Waals surface area contributed by atoms with E-state index in [9.17, 15) is 5.11 Å². The maximum atomic E-state index is 9.71. The van der Waals surface area contributed by atoms with Crippen LogP contribution >= 0.6 is 0 Å². The number of aromatic hydroxyl groups is 1. The van der Waals surface area contributed by atoms with Crippen LogP contribution < -0.4 is 4.74 Å². The summed E-state index contributed by atoms with van der Waals surface area (Å²) in [7, 11) is 1.55. The first-order valence-electron chi connectivity index (χ1n) is 7.28. The molecule has 0 radical (unpaired) electrons. The highest BCUT2D eigenvalue weighted by molar-refractivity contribution is 5.42. The highest BCUT2D eigenvalue weighted by atomic mass is 16.7. The van der Waals surface area contributed by atoms with E-state index in [0.717, 1.165) is 18.4 Å². The molecule has 1 heterocycles. The molecule has 1 saturated heterocycles. The molecule has 0 aliphatic carbocycles. The first kappa shape index (κ1) is 15.1. The lowest BCUT2D eigenvalue weighted by atomic mass is 9.89. The fourth-order valence-corrected chi connectivity index (χ4v) is 2.75. The van der Waals surface area contributed by atoms with E-state index in [1.165, 1.54) is 0 Å². The van der Waals surface area contributed by atoms with Crippen LogP contribution in [0.2, 0.25) is 0 Å². The summed E-state index contributed by atoms with van der Waals surface area (Å²) >= 11 is 0. The summed E-state index contributed by atoms with van der Waals surface area (Å²) in [5.74, 6) is 0.887. The molecule has 1 aromatic rings. The van der Waals surface area contributed by atoms with Gasteiger partial charge in [0.15, 0.2) is 17.8 Å². The van der Waals surface area contributed by atoms with Gasteiger partial charge >= 0.3 is 0 Å². The standard InChI is InChI=1S/C16H24O4/c1-5-13-10(3)16(20-15(6-2)19-13)11-7-8-12(17)14(9-11)18-4/h7-10,13,15-17H,5-6H2,1-4H3/t10-,13+,15+,16+/m0/s1. The largest absolute Gasteiger partial charge is 0.504 e. The van der Waals surface area contributed by atoms with E-state index in [4.69, 9.17) is 14.2 Å². The fourth-order valence-electron chi connectivity index (χ4n) is 2.75. The molecule has 4 atom stereocenters. The molecule has 0 saturated carbocycles. The zero-order chi connectivity index (χ0) is 14.7. The Labute approximate surface area is 120 Å². The Morgan fingerprint density at radius 3 is 2.55 bits per heavy atom. The normalized spacial score (nSPS) is 30.2. The molecular formula is C16H24O4. The lowest BCUT2D eigenvalue weighted by molar-refractivity contribution is -0.269. The minimum absolute atomic E-state index is 0.0341. The predicted molar refractivity (Wildman–Crippen MR) is 76.9 cm³/mol. The van der Waals surface area contributed by atoms with Gasteiger partial charge in [-0.25, -0.2) is 0 Å². The average molecular weight is 280 g/mol. The van der Waals surface area contributed by atoms with Gasteiger partial charge in [0, 0.05) is 5.92 Å². The van der Waals surface area contributed by atoms with E-state index in [2.05, 4.69) is 20.8 Å². The van der Waals surface area contributed by atoms with Crippen molar-refractivity contribution in [3.05, 3.63) is 23.8 Å². The zero-order valence-corrected chi connectivity index (χ0v) is 12.6. The second kappa shape index (κ2) is 6.46. The second-order valence-electron chi connectivity index (χ2n) is 5.27. The monoisotopic (exact) mass is 280 g/mol. The van der Waals surface area contributed by atoms with Crippen molar-refractivity contribution < 1.29 is 19.3 Å². The molecule has 112 valence electrons. The molecule has 4 nitrogen and oxygen atoms in total. The molecule has 1 aliphatic heterocycles. The molecule has 20 heavy (non-hydrogen) atoms. The molecule has 0 spiro atoms. The van der Waals surface area contributed by atoms with E-state index in [1.54, 1.807) is 13.2 Å². The van der Waals surface area contributed by atoms with Crippen LogP contribution in [0.5, 0.6) is 11.5 Å². The van der Waals surface area contributed by atoms with Gasteiger partial charge in [-0.3, -0.25) is 0 Å². The average Bonchev–Trinajstić information content (AvgIpc) is 2.48. The lowest BCUT2D eigenvalue weighted by Crippen LogP contribution is -2.40. The van der Waals surface area contributed by atoms with Crippen molar-refractivity contribution in [3.63, 3.8) is 0 Å². The van der Waals surface area contributed by atoms with Crippen molar-refractivity contribution in [2.45, 2.75) is 52.1 Å². The van der Waals surface area contributed by atoms with Crippen LogP contribution in [0.15, 0.2) is 18.2 Å². The summed E-state index contributed by atoms with van der Waals surface area (Å²) in [6.45, 7) is 6.33. The first-order valence-corrected chi connectivity index (χ1v) is 7.28. The minimum Gasteiger partial charge on any atom is -0.504 e. The Bertz CT molecular complexity index is 446. The van der Waals surface area contributed by atoms with E-state index in [1.807, 2.05) is 12.1 Å². The molecule has 1 fully saturated rings. The summed E-state index contributed by atoms with van der Waals surface area (Å²) in [5, 5.41) is 9.71. The molecule has 2 rings (SSSR count). The van der Waals surface area contributed by atoms with Gasteiger partial charge in [0.05, 0.1) is 19.3 Å². The summed E-state index contributed by atoms with van der Waals surface area (Å²) in [5.41, 5.74) is 1.02. The number of phenols is 1. The number of rotatable bonds is 4. The van der Waals surface area contributed by atoms with Crippen LogP contribution in [0.4, 0.5) is 0 Å². The van der Waals surface area contributed by atoms with Crippen molar-refractivity contribution in [3.8, 4) is 11.5 Å². The Morgan fingerprint density at radius 2 is 1.95 bits per heavy atom. The predicted octanol–water partition coefficient (Wildman–Crippen LogP) is 3.64. The van der Waals surface area contributed by atoms with Crippen molar-refractivity contribution >= 4 is 0 Å². The summed E-state index contributed by atoms with van der Waals surface area (Å²) < 4.78 is 17.2. The fraction of sp³-hybridized carbons (Fsp3) is 0.625. The van der Waals surface area contributed by atoms with Crippen molar-refractivity contribution in [2.75, 3.05) is 7.11 Å². The minimum atomic E-state index is -0.166. The van der Waals surface area contributed by atoms with E-state index >= 15 is 0 Å². The van der Waals surface area contributed by atoms with E-state index in [-0.39, 0.29) is 30.2 Å². The van der Waals surface area contributed by atoms with Gasteiger partial charge in [0.25, 0.3) is 0 Å². The van der Waals surface area contributed by atoms with Crippen LogP contribution in [-0.4, -0.2) is 24.6 Å². The third-order valence-corrected chi connectivity index (χ3v) is 3.96. The number of hydrogen-bond acceptors (Lipinski definition) is 4. The Balaban J connectivity index is 2.28. The lowest BCUT2D eigenvalue weighted by Gasteiger charge is -2.40. The first-order chi connectivity index (χ1) is 9.60. The third kappa shape index (κ3) is 2.91. The maximum absolute atomic E-state index is 9.71. The highest BCUT2D eigenvalue weighted by Gasteiger charge is 2.36. The molecule has 0 unspecified atom stereocenters. The molecule has 1 N–H and O–H groups in total. The summed E-state index contributed by atoms with van der Waals surface area (Å²) in [4.78, 5) is 0. The van der Waals surface area contributed by atoms with Crippen molar-refractivity contribution in [1.82, 2.24) is 0 Å². The van der Waals surface area contributed by atoms with Gasteiger partial charge < -0.3 is 19.3 Å². The molecule has 0 bridgehead atoms. The van der Waals surface area contributed by atoms with Gasteiger partial charge in [-0.1, -0.05) is 26.8 Å². The number of ether oxygens (including phenoxy) is 3. The van der Waals surface area contributed by atoms with Crippen LogP contribution in [0.1, 0.15) is 45.3 Å². The molecular weight excluding hydrogens is 256 g/mol. The number of benzene rings is 1.